The van der Waals surface area contributed by atoms with Crippen LogP contribution in [0.4, 0.5) is 0 Å². The Morgan fingerprint density at radius 3 is 2.69 bits per heavy atom. The Hall–Kier alpha value is -0.830. The Kier molecular flexibility index (Phi) is 3.06. The van der Waals surface area contributed by atoms with Gasteiger partial charge in [-0.15, -0.1) is 0 Å². The van der Waals surface area contributed by atoms with Crippen LogP contribution in [0.3, 0.4) is 0 Å². The number of nitrogens with one attached hydrogen (secondary N) is 1. The van der Waals surface area contributed by atoms with Crippen molar-refractivity contribution in [1.29, 1.82) is 0 Å². The number of halogens is 1. The summed E-state index contributed by atoms with van der Waals surface area (Å²) >= 11 is 3.47. The van der Waals surface area contributed by atoms with Gasteiger partial charge < -0.3 is 5.32 Å². The van der Waals surface area contributed by atoms with Gasteiger partial charge in [0.1, 0.15) is 0 Å². The van der Waals surface area contributed by atoms with Crippen molar-refractivity contribution in [2.75, 3.05) is 0 Å². The first-order chi connectivity index (χ1) is 7.52. The first kappa shape index (κ1) is 11.6. The van der Waals surface area contributed by atoms with Crippen LogP contribution in [0.5, 0.6) is 0 Å². The average molecular weight is 282 g/mol. The maximum atomic E-state index is 12.1. The molecule has 1 fully saturated rings. The van der Waals surface area contributed by atoms with E-state index in [1.165, 1.54) is 6.42 Å². The number of hydrogen-bond donors (Lipinski definition) is 1. The Morgan fingerprint density at radius 2 is 2.12 bits per heavy atom. The van der Waals surface area contributed by atoms with Gasteiger partial charge in [0.15, 0.2) is 0 Å². The molecule has 1 saturated carbocycles. The van der Waals surface area contributed by atoms with Gasteiger partial charge in [-0.3, -0.25) is 4.79 Å². The fourth-order valence-electron chi connectivity index (χ4n) is 2.00. The Bertz CT molecular complexity index is 424. The van der Waals surface area contributed by atoms with Gasteiger partial charge in [-0.2, -0.15) is 0 Å². The van der Waals surface area contributed by atoms with Gasteiger partial charge in [0, 0.05) is 10.0 Å². The molecule has 0 aliphatic heterocycles. The molecule has 0 aromatic heterocycles. The van der Waals surface area contributed by atoms with Crippen molar-refractivity contribution in [3.8, 4) is 0 Å². The Morgan fingerprint density at radius 1 is 1.44 bits per heavy atom. The summed E-state index contributed by atoms with van der Waals surface area (Å²) in [5.41, 5.74) is 1.83. The molecule has 0 saturated heterocycles. The lowest BCUT2D eigenvalue weighted by Crippen LogP contribution is -2.51. The summed E-state index contributed by atoms with van der Waals surface area (Å²) in [4.78, 5) is 12.1. The van der Waals surface area contributed by atoms with Crippen LogP contribution < -0.4 is 5.32 Å². The van der Waals surface area contributed by atoms with Crippen molar-refractivity contribution in [3.05, 3.63) is 33.8 Å². The standard InChI is InChI=1S/C13H16BrNO/c1-9-5-3-6-10(11(9)14)12(16)15-13(2)7-4-8-13/h3,5-6H,4,7-8H2,1-2H3,(H,15,16). The van der Waals surface area contributed by atoms with Gasteiger partial charge >= 0.3 is 0 Å². The van der Waals surface area contributed by atoms with Crippen molar-refractivity contribution in [3.63, 3.8) is 0 Å². The van der Waals surface area contributed by atoms with Crippen molar-refractivity contribution < 1.29 is 4.79 Å². The largest absolute Gasteiger partial charge is 0.347 e. The molecule has 1 amide bonds. The first-order valence-corrected chi connectivity index (χ1v) is 6.39. The summed E-state index contributed by atoms with van der Waals surface area (Å²) in [6.07, 6.45) is 3.39. The molecule has 1 aromatic carbocycles. The molecule has 0 radical (unpaired) electrons. The summed E-state index contributed by atoms with van der Waals surface area (Å²) in [6, 6.07) is 5.76. The number of carbonyl (C=O) groups is 1. The van der Waals surface area contributed by atoms with Crippen LogP contribution in [0.15, 0.2) is 22.7 Å². The lowest BCUT2D eigenvalue weighted by Gasteiger charge is -2.39. The minimum atomic E-state index is 0.0142. The van der Waals surface area contributed by atoms with Gasteiger partial charge in [0.25, 0.3) is 5.91 Å². The van der Waals surface area contributed by atoms with E-state index in [1.54, 1.807) is 0 Å². The smallest absolute Gasteiger partial charge is 0.252 e. The highest BCUT2D eigenvalue weighted by Gasteiger charge is 2.33. The molecule has 0 bridgehead atoms. The molecule has 0 heterocycles. The van der Waals surface area contributed by atoms with Crippen LogP contribution in [0, 0.1) is 6.92 Å². The Balaban J connectivity index is 2.17. The van der Waals surface area contributed by atoms with Crippen LogP contribution >= 0.6 is 15.9 Å². The lowest BCUT2D eigenvalue weighted by atomic mass is 9.78. The van der Waals surface area contributed by atoms with Crippen LogP contribution in [0.2, 0.25) is 0 Å². The quantitative estimate of drug-likeness (QED) is 0.884. The molecule has 2 nitrogen and oxygen atoms in total. The number of amides is 1. The number of rotatable bonds is 2. The second kappa shape index (κ2) is 4.21. The molecule has 3 heteroatoms. The number of carbonyl (C=O) groups excluding carboxylic acids is 1. The van der Waals surface area contributed by atoms with Gasteiger partial charge in [-0.25, -0.2) is 0 Å². The molecule has 2 rings (SSSR count). The van der Waals surface area contributed by atoms with Crippen molar-refractivity contribution >= 4 is 21.8 Å². The number of hydrogen-bond acceptors (Lipinski definition) is 1. The molecule has 86 valence electrons. The third-order valence-corrected chi connectivity index (χ3v) is 4.36. The van der Waals surface area contributed by atoms with E-state index in [1.807, 2.05) is 25.1 Å². The third kappa shape index (κ3) is 2.14. The number of aryl methyl sites for hydroxylation is 1. The van der Waals surface area contributed by atoms with Crippen LogP contribution in [-0.4, -0.2) is 11.4 Å². The summed E-state index contributed by atoms with van der Waals surface area (Å²) in [5.74, 6) is 0.0257. The third-order valence-electron chi connectivity index (χ3n) is 3.31. The minimum absolute atomic E-state index is 0.0142. The van der Waals surface area contributed by atoms with Crippen molar-refractivity contribution in [2.24, 2.45) is 0 Å². The average Bonchev–Trinajstić information content (AvgIpc) is 2.19. The minimum Gasteiger partial charge on any atom is -0.347 e. The fourth-order valence-corrected chi connectivity index (χ4v) is 2.44. The van der Waals surface area contributed by atoms with Gasteiger partial charge in [0.05, 0.1) is 5.56 Å². The highest BCUT2D eigenvalue weighted by molar-refractivity contribution is 9.10. The number of benzene rings is 1. The normalized spacial score (nSPS) is 17.7. The molecular weight excluding hydrogens is 266 g/mol. The second-order valence-corrected chi connectivity index (χ2v) is 5.60. The molecule has 1 aliphatic rings. The first-order valence-electron chi connectivity index (χ1n) is 5.59. The molecule has 1 N–H and O–H groups in total. The molecular formula is C13H16BrNO. The topological polar surface area (TPSA) is 29.1 Å². The zero-order valence-corrected chi connectivity index (χ0v) is 11.2. The van der Waals surface area contributed by atoms with Crippen LogP contribution in [0.25, 0.3) is 0 Å². The van der Waals surface area contributed by atoms with Crippen LogP contribution in [-0.2, 0) is 0 Å². The van der Waals surface area contributed by atoms with Gasteiger partial charge in [-0.05, 0) is 60.7 Å². The van der Waals surface area contributed by atoms with E-state index in [4.69, 9.17) is 0 Å². The zero-order valence-electron chi connectivity index (χ0n) is 9.64. The van der Waals surface area contributed by atoms with E-state index in [-0.39, 0.29) is 11.4 Å². The molecule has 0 unspecified atom stereocenters. The highest BCUT2D eigenvalue weighted by Crippen LogP contribution is 2.31. The predicted molar refractivity (Wildman–Crippen MR) is 68.6 cm³/mol. The summed E-state index contributed by atoms with van der Waals surface area (Å²) in [5, 5.41) is 3.11. The summed E-state index contributed by atoms with van der Waals surface area (Å²) in [6.45, 7) is 4.10. The lowest BCUT2D eigenvalue weighted by molar-refractivity contribution is 0.0849. The van der Waals surface area contributed by atoms with E-state index in [0.717, 1.165) is 28.4 Å². The molecule has 0 spiro atoms. The molecule has 1 aliphatic carbocycles. The highest BCUT2D eigenvalue weighted by atomic mass is 79.9. The fraction of sp³-hybridized carbons (Fsp3) is 0.462. The van der Waals surface area contributed by atoms with Gasteiger partial charge in [-0.1, -0.05) is 12.1 Å². The Labute approximate surface area is 105 Å². The summed E-state index contributed by atoms with van der Waals surface area (Å²) < 4.78 is 0.899. The molecule has 16 heavy (non-hydrogen) atoms. The molecule has 1 aromatic rings. The second-order valence-electron chi connectivity index (χ2n) is 4.80. The summed E-state index contributed by atoms with van der Waals surface area (Å²) in [7, 11) is 0. The maximum absolute atomic E-state index is 12.1. The predicted octanol–water partition coefficient (Wildman–Crippen LogP) is 3.43. The maximum Gasteiger partial charge on any atom is 0.252 e. The van der Waals surface area contributed by atoms with E-state index in [9.17, 15) is 4.79 Å². The van der Waals surface area contributed by atoms with E-state index in [2.05, 4.69) is 28.2 Å². The van der Waals surface area contributed by atoms with E-state index in [0.29, 0.717) is 0 Å². The van der Waals surface area contributed by atoms with Crippen molar-refractivity contribution in [2.45, 2.75) is 38.6 Å². The van der Waals surface area contributed by atoms with E-state index >= 15 is 0 Å². The monoisotopic (exact) mass is 281 g/mol. The zero-order chi connectivity index (χ0) is 11.8. The van der Waals surface area contributed by atoms with Crippen molar-refractivity contribution in [1.82, 2.24) is 5.32 Å². The van der Waals surface area contributed by atoms with E-state index < -0.39 is 0 Å². The van der Waals surface area contributed by atoms with Crippen LogP contribution in [0.1, 0.15) is 42.1 Å². The SMILES string of the molecule is Cc1cccc(C(=O)NC2(C)CCC2)c1Br. The molecule has 0 atom stereocenters. The van der Waals surface area contributed by atoms with Gasteiger partial charge in [0.2, 0.25) is 0 Å².